The van der Waals surface area contributed by atoms with E-state index in [0.29, 0.717) is 17.5 Å². The quantitative estimate of drug-likeness (QED) is 0.624. The maximum atomic E-state index is 5.70. The summed E-state index contributed by atoms with van der Waals surface area (Å²) in [6.07, 6.45) is 5.20. The predicted molar refractivity (Wildman–Crippen MR) is 69.9 cm³/mol. The molecule has 1 heterocycles. The number of aromatic nitrogens is 2. The van der Waals surface area contributed by atoms with Gasteiger partial charge in [0.15, 0.2) is 0 Å². The van der Waals surface area contributed by atoms with Gasteiger partial charge in [-0.25, -0.2) is 4.98 Å². The lowest BCUT2D eigenvalue weighted by Crippen LogP contribution is -1.93. The normalized spacial score (nSPS) is 10.2. The summed E-state index contributed by atoms with van der Waals surface area (Å²) in [5, 5.41) is 0. The van der Waals surface area contributed by atoms with E-state index in [1.807, 2.05) is 30.5 Å². The smallest absolute Gasteiger partial charge is 0.238 e. The monoisotopic (exact) mass is 266 g/mol. The molecule has 1 aromatic heterocycles. The van der Waals surface area contributed by atoms with E-state index >= 15 is 0 Å². The Morgan fingerprint density at radius 2 is 2.12 bits per heavy atom. The zero-order valence-electron chi connectivity index (χ0n) is 9.26. The van der Waals surface area contributed by atoms with Gasteiger partial charge in [0, 0.05) is 11.1 Å². The zero-order valence-corrected chi connectivity index (χ0v) is 10.8. The van der Waals surface area contributed by atoms with Crippen LogP contribution >= 0.6 is 23.4 Å². The number of hydrogen-bond donors (Lipinski definition) is 0. The summed E-state index contributed by atoms with van der Waals surface area (Å²) in [5.41, 5.74) is 0.700. The van der Waals surface area contributed by atoms with Crippen molar-refractivity contribution in [2.75, 3.05) is 6.26 Å². The summed E-state index contributed by atoms with van der Waals surface area (Å²) in [4.78, 5) is 9.33. The van der Waals surface area contributed by atoms with Gasteiger partial charge in [0.1, 0.15) is 5.75 Å². The van der Waals surface area contributed by atoms with E-state index in [0.717, 1.165) is 10.6 Å². The number of hydrogen-bond acceptors (Lipinski definition) is 4. The Morgan fingerprint density at radius 3 is 2.88 bits per heavy atom. The number of alkyl halides is 1. The molecule has 0 aliphatic carbocycles. The minimum atomic E-state index is 0.328. The van der Waals surface area contributed by atoms with Crippen LogP contribution in [-0.4, -0.2) is 16.2 Å². The van der Waals surface area contributed by atoms with Crippen molar-refractivity contribution in [3.05, 3.63) is 42.4 Å². The van der Waals surface area contributed by atoms with Gasteiger partial charge in [0.05, 0.1) is 17.8 Å². The highest BCUT2D eigenvalue weighted by Crippen LogP contribution is 2.30. The van der Waals surface area contributed by atoms with Crippen LogP contribution in [0.3, 0.4) is 0 Å². The third kappa shape index (κ3) is 3.11. The van der Waals surface area contributed by atoms with Crippen LogP contribution in [0.4, 0.5) is 0 Å². The summed E-state index contributed by atoms with van der Waals surface area (Å²) >= 11 is 7.32. The first kappa shape index (κ1) is 12.2. The van der Waals surface area contributed by atoms with Crippen molar-refractivity contribution in [2.24, 2.45) is 0 Å². The highest BCUT2D eigenvalue weighted by molar-refractivity contribution is 7.98. The van der Waals surface area contributed by atoms with E-state index in [9.17, 15) is 0 Å². The molecule has 2 rings (SSSR count). The van der Waals surface area contributed by atoms with E-state index in [4.69, 9.17) is 16.3 Å². The van der Waals surface area contributed by atoms with E-state index in [1.165, 1.54) is 0 Å². The van der Waals surface area contributed by atoms with Crippen LogP contribution < -0.4 is 4.74 Å². The molecule has 0 atom stereocenters. The number of nitrogens with zero attached hydrogens (tertiary/aromatic N) is 2. The van der Waals surface area contributed by atoms with E-state index in [1.54, 1.807) is 24.2 Å². The molecule has 0 aliphatic heterocycles. The number of benzene rings is 1. The first-order chi connectivity index (χ1) is 8.33. The SMILES string of the molecule is CSc1ccccc1Oc1cncc(CCl)n1. The molecule has 0 spiro atoms. The van der Waals surface area contributed by atoms with Crippen LogP contribution in [0.25, 0.3) is 0 Å². The summed E-state index contributed by atoms with van der Waals surface area (Å²) in [5.74, 6) is 1.57. The maximum Gasteiger partial charge on any atom is 0.238 e. The van der Waals surface area contributed by atoms with Crippen molar-refractivity contribution >= 4 is 23.4 Å². The molecule has 2 aromatic rings. The second kappa shape index (κ2) is 5.89. The van der Waals surface area contributed by atoms with Crippen molar-refractivity contribution < 1.29 is 4.74 Å². The van der Waals surface area contributed by atoms with Crippen LogP contribution in [0, 0.1) is 0 Å². The zero-order chi connectivity index (χ0) is 12.1. The maximum absolute atomic E-state index is 5.70. The van der Waals surface area contributed by atoms with Crippen LogP contribution in [0.2, 0.25) is 0 Å². The number of rotatable bonds is 4. The van der Waals surface area contributed by atoms with Crippen molar-refractivity contribution in [2.45, 2.75) is 10.8 Å². The molecule has 0 aliphatic rings. The molecule has 0 unspecified atom stereocenters. The number of ether oxygens (including phenoxy) is 1. The summed E-state index contributed by atoms with van der Waals surface area (Å²) in [7, 11) is 0. The second-order valence-corrected chi connectivity index (χ2v) is 4.35. The lowest BCUT2D eigenvalue weighted by atomic mass is 10.3. The molecule has 88 valence electrons. The second-order valence-electron chi connectivity index (χ2n) is 3.24. The molecular formula is C12H11ClN2OS. The van der Waals surface area contributed by atoms with E-state index in [-0.39, 0.29) is 0 Å². The van der Waals surface area contributed by atoms with Gasteiger partial charge in [-0.05, 0) is 18.4 Å². The molecular weight excluding hydrogens is 256 g/mol. The largest absolute Gasteiger partial charge is 0.436 e. The minimum absolute atomic E-state index is 0.328. The van der Waals surface area contributed by atoms with Crippen molar-refractivity contribution in [3.63, 3.8) is 0 Å². The average Bonchev–Trinajstić information content (AvgIpc) is 2.39. The number of halogens is 1. The molecule has 0 amide bonds. The summed E-state index contributed by atoms with van der Waals surface area (Å²) < 4.78 is 5.69. The van der Waals surface area contributed by atoms with Crippen molar-refractivity contribution in [1.82, 2.24) is 9.97 Å². The van der Waals surface area contributed by atoms with Gasteiger partial charge in [-0.3, -0.25) is 4.98 Å². The first-order valence-electron chi connectivity index (χ1n) is 5.01. The molecule has 1 aromatic carbocycles. The summed E-state index contributed by atoms with van der Waals surface area (Å²) in [6.45, 7) is 0. The van der Waals surface area contributed by atoms with Gasteiger partial charge < -0.3 is 4.74 Å². The molecule has 5 heteroatoms. The Bertz CT molecular complexity index is 507. The topological polar surface area (TPSA) is 35.0 Å². The lowest BCUT2D eigenvalue weighted by Gasteiger charge is -2.08. The first-order valence-corrected chi connectivity index (χ1v) is 6.77. The van der Waals surface area contributed by atoms with Crippen molar-refractivity contribution in [1.29, 1.82) is 0 Å². The molecule has 0 fully saturated rings. The fourth-order valence-corrected chi connectivity index (χ4v) is 1.97. The Morgan fingerprint density at radius 1 is 1.29 bits per heavy atom. The van der Waals surface area contributed by atoms with Gasteiger partial charge in [0.2, 0.25) is 5.88 Å². The molecule has 3 nitrogen and oxygen atoms in total. The van der Waals surface area contributed by atoms with E-state index in [2.05, 4.69) is 9.97 Å². The standard InChI is InChI=1S/C12H11ClN2OS/c1-17-11-5-3-2-4-10(11)16-12-8-14-7-9(6-13)15-12/h2-5,7-8H,6H2,1H3. The van der Waals surface area contributed by atoms with Gasteiger partial charge in [-0.15, -0.1) is 23.4 Å². The van der Waals surface area contributed by atoms with Crippen molar-refractivity contribution in [3.8, 4) is 11.6 Å². The van der Waals surface area contributed by atoms with Gasteiger partial charge in [-0.2, -0.15) is 0 Å². The molecule has 0 saturated heterocycles. The molecule has 0 bridgehead atoms. The van der Waals surface area contributed by atoms with Gasteiger partial charge >= 0.3 is 0 Å². The molecule has 17 heavy (non-hydrogen) atoms. The Kier molecular flexibility index (Phi) is 4.23. The lowest BCUT2D eigenvalue weighted by molar-refractivity contribution is 0.448. The highest BCUT2D eigenvalue weighted by atomic mass is 35.5. The Balaban J connectivity index is 2.24. The predicted octanol–water partition coefficient (Wildman–Crippen LogP) is 3.73. The fourth-order valence-electron chi connectivity index (χ4n) is 1.32. The Labute approximate surface area is 109 Å². The van der Waals surface area contributed by atoms with E-state index < -0.39 is 0 Å². The summed E-state index contributed by atoms with van der Waals surface area (Å²) in [6, 6.07) is 7.80. The van der Waals surface area contributed by atoms with Crippen LogP contribution in [0.1, 0.15) is 5.69 Å². The number of thioether (sulfide) groups is 1. The molecule has 0 N–H and O–H groups in total. The number of para-hydroxylation sites is 1. The third-order valence-corrected chi connectivity index (χ3v) is 3.13. The van der Waals surface area contributed by atoms with Gasteiger partial charge in [0.25, 0.3) is 0 Å². The van der Waals surface area contributed by atoms with Crippen LogP contribution in [0.5, 0.6) is 11.6 Å². The Hall–Kier alpha value is -1.26. The highest BCUT2D eigenvalue weighted by Gasteiger charge is 2.05. The average molecular weight is 267 g/mol. The van der Waals surface area contributed by atoms with Crippen LogP contribution in [-0.2, 0) is 5.88 Å². The third-order valence-electron chi connectivity index (χ3n) is 2.08. The minimum Gasteiger partial charge on any atom is -0.436 e. The molecule has 0 radical (unpaired) electrons. The van der Waals surface area contributed by atoms with Crippen LogP contribution in [0.15, 0.2) is 41.6 Å². The fraction of sp³-hybridized carbons (Fsp3) is 0.167. The molecule has 0 saturated carbocycles. The van der Waals surface area contributed by atoms with Gasteiger partial charge in [-0.1, -0.05) is 12.1 Å².